The van der Waals surface area contributed by atoms with E-state index in [1.165, 1.54) is 6.07 Å². The predicted octanol–water partition coefficient (Wildman–Crippen LogP) is 6.01. The largest absolute Gasteiger partial charge is 0.417 e. The molecule has 0 saturated heterocycles. The van der Waals surface area contributed by atoms with Gasteiger partial charge in [-0.15, -0.1) is 0 Å². The van der Waals surface area contributed by atoms with Crippen LogP contribution < -0.4 is 5.32 Å². The van der Waals surface area contributed by atoms with Gasteiger partial charge >= 0.3 is 6.18 Å². The molecule has 2 heterocycles. The summed E-state index contributed by atoms with van der Waals surface area (Å²) < 4.78 is 37.6. The average molecular weight is 386 g/mol. The summed E-state index contributed by atoms with van der Waals surface area (Å²) in [5.74, 6) is 0.356. The molecule has 0 saturated carbocycles. The van der Waals surface area contributed by atoms with Gasteiger partial charge in [-0.05, 0) is 35.4 Å². The molecule has 2 N–H and O–H groups in total. The molecule has 2 aromatic heterocycles. The van der Waals surface area contributed by atoms with Crippen molar-refractivity contribution in [3.63, 3.8) is 0 Å². The van der Waals surface area contributed by atoms with Crippen molar-refractivity contribution in [2.45, 2.75) is 12.7 Å². The van der Waals surface area contributed by atoms with Gasteiger partial charge in [0.05, 0.1) is 15.6 Å². The second kappa shape index (κ2) is 6.98. The van der Waals surface area contributed by atoms with E-state index in [1.807, 2.05) is 12.3 Å². The molecule has 1 aromatic carbocycles. The van der Waals surface area contributed by atoms with Crippen molar-refractivity contribution in [2.75, 3.05) is 5.32 Å². The lowest BCUT2D eigenvalue weighted by molar-refractivity contribution is -0.137. The lowest BCUT2D eigenvalue weighted by Gasteiger charge is -2.09. The smallest absolute Gasteiger partial charge is 0.367 e. The van der Waals surface area contributed by atoms with Crippen LogP contribution in [0, 0.1) is 0 Å². The fraction of sp³-hybridized carbons (Fsp3) is 0.118. The molecular formula is C17H12Cl2F3N3. The molecule has 3 aromatic rings. The summed E-state index contributed by atoms with van der Waals surface area (Å²) in [5, 5.41) is 3.92. The molecule has 0 atom stereocenters. The number of hydrogen-bond donors (Lipinski definition) is 2. The highest BCUT2D eigenvalue weighted by atomic mass is 35.5. The normalized spacial score (nSPS) is 11.6. The Hall–Kier alpha value is -2.18. The number of halogens is 5. The first kappa shape index (κ1) is 17.6. The van der Waals surface area contributed by atoms with Gasteiger partial charge in [0.15, 0.2) is 0 Å². The minimum Gasteiger partial charge on any atom is -0.367 e. The van der Waals surface area contributed by atoms with Crippen LogP contribution in [0.15, 0.2) is 48.9 Å². The van der Waals surface area contributed by atoms with E-state index in [0.717, 1.165) is 29.0 Å². The first-order chi connectivity index (χ1) is 11.8. The van der Waals surface area contributed by atoms with Crippen molar-refractivity contribution in [1.29, 1.82) is 0 Å². The number of nitrogens with zero attached hydrogens (tertiary/aromatic N) is 1. The monoisotopic (exact) mass is 385 g/mol. The van der Waals surface area contributed by atoms with Gasteiger partial charge in [-0.25, -0.2) is 4.98 Å². The van der Waals surface area contributed by atoms with Crippen LogP contribution in [-0.4, -0.2) is 9.97 Å². The predicted molar refractivity (Wildman–Crippen MR) is 92.8 cm³/mol. The highest BCUT2D eigenvalue weighted by Gasteiger charge is 2.30. The number of aromatic amines is 1. The van der Waals surface area contributed by atoms with E-state index in [1.54, 1.807) is 18.3 Å². The van der Waals surface area contributed by atoms with Crippen molar-refractivity contribution in [3.8, 4) is 11.1 Å². The summed E-state index contributed by atoms with van der Waals surface area (Å²) in [7, 11) is 0. The number of pyridine rings is 1. The summed E-state index contributed by atoms with van der Waals surface area (Å²) in [5.41, 5.74) is 1.93. The summed E-state index contributed by atoms with van der Waals surface area (Å²) >= 11 is 12.0. The van der Waals surface area contributed by atoms with E-state index >= 15 is 0 Å². The molecule has 0 radical (unpaired) electrons. The lowest BCUT2D eigenvalue weighted by atomic mass is 10.0. The lowest BCUT2D eigenvalue weighted by Crippen LogP contribution is -2.07. The first-order valence-corrected chi connectivity index (χ1v) is 7.98. The maximum absolute atomic E-state index is 12.5. The first-order valence-electron chi connectivity index (χ1n) is 7.23. The van der Waals surface area contributed by atoms with Gasteiger partial charge in [-0.3, -0.25) is 0 Å². The fourth-order valence-corrected chi connectivity index (χ4v) is 2.62. The van der Waals surface area contributed by atoms with Crippen molar-refractivity contribution in [2.24, 2.45) is 0 Å². The van der Waals surface area contributed by atoms with Crippen molar-refractivity contribution >= 4 is 29.0 Å². The van der Waals surface area contributed by atoms with Gasteiger partial charge in [-0.1, -0.05) is 29.3 Å². The third kappa shape index (κ3) is 4.08. The van der Waals surface area contributed by atoms with Gasteiger partial charge in [0.2, 0.25) is 0 Å². The minimum atomic E-state index is -4.40. The highest BCUT2D eigenvalue weighted by molar-refractivity contribution is 6.42. The van der Waals surface area contributed by atoms with Crippen molar-refractivity contribution < 1.29 is 13.2 Å². The number of aromatic nitrogens is 2. The molecule has 0 fully saturated rings. The summed E-state index contributed by atoms with van der Waals surface area (Å²) in [6, 6.07) is 7.60. The van der Waals surface area contributed by atoms with E-state index in [4.69, 9.17) is 23.2 Å². The third-order valence-electron chi connectivity index (χ3n) is 3.61. The number of benzene rings is 1. The molecule has 0 unspecified atom stereocenters. The summed E-state index contributed by atoms with van der Waals surface area (Å²) in [6.45, 7) is 0.386. The van der Waals surface area contributed by atoms with E-state index in [-0.39, 0.29) is 0 Å². The Balaban J connectivity index is 1.74. The zero-order valence-corrected chi connectivity index (χ0v) is 14.2. The SMILES string of the molecule is FC(F)(F)c1ccc(NCc2c[nH]cc2-c2ccc(Cl)c(Cl)c2)nc1. The molecular weight excluding hydrogens is 374 g/mol. The van der Waals surface area contributed by atoms with E-state index in [0.29, 0.717) is 22.4 Å². The van der Waals surface area contributed by atoms with Crippen LogP contribution in [0.2, 0.25) is 10.0 Å². The van der Waals surface area contributed by atoms with Crippen molar-refractivity contribution in [1.82, 2.24) is 9.97 Å². The van der Waals surface area contributed by atoms with Crippen LogP contribution in [-0.2, 0) is 12.7 Å². The number of H-pyrrole nitrogens is 1. The van der Waals surface area contributed by atoms with Gasteiger partial charge in [0.25, 0.3) is 0 Å². The number of hydrogen-bond acceptors (Lipinski definition) is 2. The molecule has 0 aliphatic heterocycles. The van der Waals surface area contributed by atoms with Gasteiger partial charge < -0.3 is 10.3 Å². The Labute approximate surface area is 151 Å². The fourth-order valence-electron chi connectivity index (χ4n) is 2.33. The highest BCUT2D eigenvalue weighted by Crippen LogP contribution is 2.31. The zero-order valence-electron chi connectivity index (χ0n) is 12.7. The van der Waals surface area contributed by atoms with Crippen LogP contribution in [0.5, 0.6) is 0 Å². The number of alkyl halides is 3. The molecule has 3 nitrogen and oxygen atoms in total. The Morgan fingerprint density at radius 1 is 1.04 bits per heavy atom. The number of rotatable bonds is 4. The molecule has 130 valence electrons. The standard InChI is InChI=1S/C17H12Cl2F3N3/c18-14-3-1-10(5-15(14)19)13-9-23-6-11(13)7-24-16-4-2-12(8-25-16)17(20,21)22/h1-6,8-9,23H,7H2,(H,24,25). The Bertz CT molecular complexity index is 874. The second-order valence-corrected chi connectivity index (χ2v) is 6.12. The molecule has 3 rings (SSSR count). The van der Waals surface area contributed by atoms with Crippen LogP contribution in [0.1, 0.15) is 11.1 Å². The van der Waals surface area contributed by atoms with E-state index < -0.39 is 11.7 Å². The molecule has 0 aliphatic carbocycles. The Kier molecular flexibility index (Phi) is 4.92. The second-order valence-electron chi connectivity index (χ2n) is 5.31. The molecule has 0 bridgehead atoms. The Morgan fingerprint density at radius 3 is 2.48 bits per heavy atom. The molecule has 25 heavy (non-hydrogen) atoms. The van der Waals surface area contributed by atoms with Crippen LogP contribution in [0.3, 0.4) is 0 Å². The quantitative estimate of drug-likeness (QED) is 0.576. The van der Waals surface area contributed by atoms with Crippen LogP contribution >= 0.6 is 23.2 Å². The van der Waals surface area contributed by atoms with Crippen LogP contribution in [0.25, 0.3) is 11.1 Å². The van der Waals surface area contributed by atoms with E-state index in [2.05, 4.69) is 15.3 Å². The summed E-state index contributed by atoms with van der Waals surface area (Å²) in [4.78, 5) is 6.80. The zero-order chi connectivity index (χ0) is 18.0. The molecule has 0 amide bonds. The number of nitrogens with one attached hydrogen (secondary N) is 2. The number of anilines is 1. The van der Waals surface area contributed by atoms with Gasteiger partial charge in [0, 0.05) is 30.7 Å². The Morgan fingerprint density at radius 2 is 1.84 bits per heavy atom. The maximum atomic E-state index is 12.5. The average Bonchev–Trinajstić information content (AvgIpc) is 3.03. The van der Waals surface area contributed by atoms with Crippen molar-refractivity contribution in [3.05, 3.63) is 70.1 Å². The maximum Gasteiger partial charge on any atom is 0.417 e. The van der Waals surface area contributed by atoms with Gasteiger partial charge in [-0.2, -0.15) is 13.2 Å². The molecule has 0 spiro atoms. The minimum absolute atomic E-state index is 0.356. The third-order valence-corrected chi connectivity index (χ3v) is 4.35. The van der Waals surface area contributed by atoms with E-state index in [9.17, 15) is 13.2 Å². The van der Waals surface area contributed by atoms with Crippen LogP contribution in [0.4, 0.5) is 19.0 Å². The van der Waals surface area contributed by atoms with Gasteiger partial charge in [0.1, 0.15) is 5.82 Å². The topological polar surface area (TPSA) is 40.7 Å². The summed E-state index contributed by atoms with van der Waals surface area (Å²) in [6.07, 6.45) is 0.0260. The molecule has 8 heteroatoms. The molecule has 0 aliphatic rings.